The summed E-state index contributed by atoms with van der Waals surface area (Å²) in [4.78, 5) is 14.3. The van der Waals surface area contributed by atoms with Crippen molar-refractivity contribution in [3.05, 3.63) is 28.8 Å². The van der Waals surface area contributed by atoms with Gasteiger partial charge in [-0.05, 0) is 44.0 Å². The van der Waals surface area contributed by atoms with E-state index in [4.69, 9.17) is 11.6 Å². The Morgan fingerprint density at radius 2 is 2.20 bits per heavy atom. The number of anilines is 1. The molecule has 108 valence electrons. The molecule has 5 heteroatoms. The van der Waals surface area contributed by atoms with Gasteiger partial charge in [0.2, 0.25) is 0 Å². The summed E-state index contributed by atoms with van der Waals surface area (Å²) in [7, 11) is 1.62. The smallest absolute Gasteiger partial charge is 0.252 e. The van der Waals surface area contributed by atoms with Crippen LogP contribution in [0.3, 0.4) is 0 Å². The number of halogens is 1. The number of hydrogen-bond acceptors (Lipinski definition) is 3. The van der Waals surface area contributed by atoms with E-state index in [0.29, 0.717) is 22.7 Å². The minimum absolute atomic E-state index is 0.146. The van der Waals surface area contributed by atoms with Crippen LogP contribution in [0.4, 0.5) is 5.69 Å². The van der Waals surface area contributed by atoms with E-state index < -0.39 is 0 Å². The van der Waals surface area contributed by atoms with Gasteiger partial charge in [0.25, 0.3) is 5.91 Å². The number of nitrogens with zero attached hydrogens (tertiary/aromatic N) is 1. The first kappa shape index (κ1) is 13.7. The molecule has 2 N–H and O–H groups in total. The van der Waals surface area contributed by atoms with Crippen LogP contribution in [0.1, 0.15) is 29.6 Å². The van der Waals surface area contributed by atoms with Crippen LogP contribution in [0.5, 0.6) is 0 Å². The molecule has 2 unspecified atom stereocenters. The molecule has 1 amide bonds. The average Bonchev–Trinajstić information content (AvgIpc) is 3.05. The highest BCUT2D eigenvalue weighted by Gasteiger charge is 2.36. The van der Waals surface area contributed by atoms with Crippen molar-refractivity contribution in [1.29, 1.82) is 0 Å². The number of fused-ring (bicyclic) bond motifs is 1. The number of rotatable bonds is 3. The summed E-state index contributed by atoms with van der Waals surface area (Å²) in [6.07, 6.45) is 3.74. The van der Waals surface area contributed by atoms with Crippen LogP contribution in [0, 0.1) is 0 Å². The Hall–Kier alpha value is -1.26. The first-order valence-electron chi connectivity index (χ1n) is 7.21. The van der Waals surface area contributed by atoms with E-state index in [9.17, 15) is 4.79 Å². The van der Waals surface area contributed by atoms with Gasteiger partial charge in [0.15, 0.2) is 0 Å². The maximum absolute atomic E-state index is 11.8. The Morgan fingerprint density at radius 1 is 1.35 bits per heavy atom. The Bertz CT molecular complexity index is 520. The Labute approximate surface area is 124 Å². The zero-order chi connectivity index (χ0) is 14.1. The standard InChI is InChI=1S/C15H20ClN3O/c1-17-15(20)11-9-10(4-5-12(11)16)18-13-6-8-19-7-2-3-14(13)19/h4-5,9,13-14,18H,2-3,6-8H2,1H3,(H,17,20). The van der Waals surface area contributed by atoms with E-state index in [1.165, 1.54) is 32.4 Å². The predicted molar refractivity (Wildman–Crippen MR) is 81.5 cm³/mol. The third-order valence-electron chi connectivity index (χ3n) is 4.40. The molecule has 0 spiro atoms. The van der Waals surface area contributed by atoms with Gasteiger partial charge in [0.05, 0.1) is 10.6 Å². The van der Waals surface area contributed by atoms with Crippen LogP contribution < -0.4 is 10.6 Å². The van der Waals surface area contributed by atoms with Gasteiger partial charge in [-0.2, -0.15) is 0 Å². The van der Waals surface area contributed by atoms with Crippen LogP contribution in [0.15, 0.2) is 18.2 Å². The molecule has 20 heavy (non-hydrogen) atoms. The normalized spacial score (nSPS) is 25.5. The fourth-order valence-electron chi connectivity index (χ4n) is 3.39. The number of carbonyl (C=O) groups is 1. The Balaban J connectivity index is 1.76. The molecule has 0 aliphatic carbocycles. The number of nitrogens with one attached hydrogen (secondary N) is 2. The van der Waals surface area contributed by atoms with Gasteiger partial charge in [0.1, 0.15) is 0 Å². The van der Waals surface area contributed by atoms with E-state index >= 15 is 0 Å². The van der Waals surface area contributed by atoms with Gasteiger partial charge < -0.3 is 10.6 Å². The maximum Gasteiger partial charge on any atom is 0.252 e. The molecule has 0 saturated carbocycles. The van der Waals surface area contributed by atoms with Crippen molar-refractivity contribution in [3.63, 3.8) is 0 Å². The lowest BCUT2D eigenvalue weighted by Gasteiger charge is -2.22. The lowest BCUT2D eigenvalue weighted by Crippen LogP contribution is -2.33. The second-order valence-electron chi connectivity index (χ2n) is 5.56. The van der Waals surface area contributed by atoms with E-state index in [2.05, 4.69) is 15.5 Å². The number of amides is 1. The van der Waals surface area contributed by atoms with Gasteiger partial charge in [-0.3, -0.25) is 9.69 Å². The van der Waals surface area contributed by atoms with E-state index in [1.807, 2.05) is 12.1 Å². The summed E-state index contributed by atoms with van der Waals surface area (Å²) < 4.78 is 0. The third kappa shape index (κ3) is 2.50. The number of benzene rings is 1. The molecular weight excluding hydrogens is 274 g/mol. The molecule has 0 aromatic heterocycles. The molecule has 0 bridgehead atoms. The highest BCUT2D eigenvalue weighted by molar-refractivity contribution is 6.34. The third-order valence-corrected chi connectivity index (χ3v) is 4.73. The molecule has 2 saturated heterocycles. The van der Waals surface area contributed by atoms with Crippen molar-refractivity contribution in [2.24, 2.45) is 0 Å². The SMILES string of the molecule is CNC(=O)c1cc(NC2CCN3CCCC23)ccc1Cl. The summed E-state index contributed by atoms with van der Waals surface area (Å²) in [5.74, 6) is -0.146. The molecular formula is C15H20ClN3O. The van der Waals surface area contributed by atoms with E-state index in [-0.39, 0.29) is 5.91 Å². The zero-order valence-corrected chi connectivity index (χ0v) is 12.4. The molecule has 1 aromatic rings. The van der Waals surface area contributed by atoms with Gasteiger partial charge in [-0.1, -0.05) is 11.6 Å². The molecule has 2 fully saturated rings. The number of hydrogen-bond donors (Lipinski definition) is 2. The summed E-state index contributed by atoms with van der Waals surface area (Å²) >= 11 is 6.08. The fraction of sp³-hybridized carbons (Fsp3) is 0.533. The minimum Gasteiger partial charge on any atom is -0.381 e. The molecule has 2 heterocycles. The van der Waals surface area contributed by atoms with E-state index in [1.54, 1.807) is 13.1 Å². The van der Waals surface area contributed by atoms with Crippen molar-refractivity contribution in [3.8, 4) is 0 Å². The molecule has 2 aliphatic rings. The summed E-state index contributed by atoms with van der Waals surface area (Å²) in [5.41, 5.74) is 1.51. The predicted octanol–water partition coefficient (Wildman–Crippen LogP) is 2.35. The van der Waals surface area contributed by atoms with Crippen molar-refractivity contribution >= 4 is 23.2 Å². The first-order valence-corrected chi connectivity index (χ1v) is 7.59. The van der Waals surface area contributed by atoms with Gasteiger partial charge in [-0.15, -0.1) is 0 Å². The van der Waals surface area contributed by atoms with Crippen LogP contribution >= 0.6 is 11.6 Å². The highest BCUT2D eigenvalue weighted by Crippen LogP contribution is 2.31. The topological polar surface area (TPSA) is 44.4 Å². The molecule has 3 rings (SSSR count). The van der Waals surface area contributed by atoms with E-state index in [0.717, 1.165) is 5.69 Å². The lowest BCUT2D eigenvalue weighted by atomic mass is 10.1. The lowest BCUT2D eigenvalue weighted by molar-refractivity contribution is 0.0963. The molecule has 2 atom stereocenters. The Kier molecular flexibility index (Phi) is 3.85. The maximum atomic E-state index is 11.8. The van der Waals surface area contributed by atoms with Crippen molar-refractivity contribution in [2.75, 3.05) is 25.5 Å². The minimum atomic E-state index is -0.146. The largest absolute Gasteiger partial charge is 0.381 e. The van der Waals surface area contributed by atoms with Crippen molar-refractivity contribution in [2.45, 2.75) is 31.3 Å². The van der Waals surface area contributed by atoms with Crippen LogP contribution in [0.2, 0.25) is 5.02 Å². The second kappa shape index (κ2) is 5.62. The quantitative estimate of drug-likeness (QED) is 0.899. The second-order valence-corrected chi connectivity index (χ2v) is 5.97. The molecule has 2 aliphatic heterocycles. The monoisotopic (exact) mass is 293 g/mol. The van der Waals surface area contributed by atoms with Crippen LogP contribution in [0.25, 0.3) is 0 Å². The van der Waals surface area contributed by atoms with Gasteiger partial charge in [0, 0.05) is 31.4 Å². The Morgan fingerprint density at radius 3 is 3.00 bits per heavy atom. The van der Waals surface area contributed by atoms with Crippen molar-refractivity contribution in [1.82, 2.24) is 10.2 Å². The molecule has 1 aromatic carbocycles. The summed E-state index contributed by atoms with van der Waals surface area (Å²) in [6.45, 7) is 2.41. The van der Waals surface area contributed by atoms with Gasteiger partial charge in [-0.25, -0.2) is 0 Å². The van der Waals surface area contributed by atoms with Crippen molar-refractivity contribution < 1.29 is 4.79 Å². The molecule has 4 nitrogen and oxygen atoms in total. The number of carbonyl (C=O) groups excluding carboxylic acids is 1. The average molecular weight is 294 g/mol. The van der Waals surface area contributed by atoms with Crippen LogP contribution in [-0.4, -0.2) is 43.0 Å². The first-order chi connectivity index (χ1) is 9.69. The highest BCUT2D eigenvalue weighted by atomic mass is 35.5. The summed E-state index contributed by atoms with van der Waals surface area (Å²) in [5, 5.41) is 6.69. The fourth-order valence-corrected chi connectivity index (χ4v) is 3.59. The van der Waals surface area contributed by atoms with Gasteiger partial charge >= 0.3 is 0 Å². The molecule has 0 radical (unpaired) electrons. The van der Waals surface area contributed by atoms with Crippen LogP contribution in [-0.2, 0) is 0 Å². The summed E-state index contributed by atoms with van der Waals surface area (Å²) in [6, 6.07) is 6.71. The zero-order valence-electron chi connectivity index (χ0n) is 11.7.